The van der Waals surface area contributed by atoms with Crippen molar-refractivity contribution in [2.75, 3.05) is 19.0 Å². The van der Waals surface area contributed by atoms with Crippen LogP contribution in [0.5, 0.6) is 5.75 Å². The van der Waals surface area contributed by atoms with Gasteiger partial charge in [-0.15, -0.1) is 0 Å². The minimum Gasteiger partial charge on any atom is -0.496 e. The number of methoxy groups -OCH3 is 1. The molecule has 0 radical (unpaired) electrons. The highest BCUT2D eigenvalue weighted by atomic mass is 16.5. The molecule has 0 spiro atoms. The molecule has 1 rings (SSSR count). The van der Waals surface area contributed by atoms with Crippen molar-refractivity contribution in [1.29, 1.82) is 0 Å². The van der Waals surface area contributed by atoms with Crippen molar-refractivity contribution in [3.63, 3.8) is 0 Å². The molecule has 1 aromatic rings. The van der Waals surface area contributed by atoms with Crippen LogP contribution in [0.3, 0.4) is 0 Å². The molecule has 7 nitrogen and oxygen atoms in total. The number of carboxylic acids is 1. The number of aromatic carboxylic acids is 1. The maximum Gasteiger partial charge on any atom is 0.339 e. The number of hydrogen-bond donors (Lipinski definition) is 3. The number of benzene rings is 1. The van der Waals surface area contributed by atoms with Gasteiger partial charge in [-0.1, -0.05) is 6.92 Å². The minimum atomic E-state index is -1.11. The monoisotopic (exact) mass is 308 g/mol. The number of ether oxygens (including phenoxy) is 1. The zero-order chi connectivity index (χ0) is 16.5. The molecule has 0 saturated heterocycles. The molecule has 1 aromatic carbocycles. The van der Waals surface area contributed by atoms with E-state index >= 15 is 0 Å². The molecule has 0 heterocycles. The van der Waals surface area contributed by atoms with Crippen molar-refractivity contribution >= 4 is 23.5 Å². The first-order valence-corrected chi connectivity index (χ1v) is 6.95. The number of carboxylic acid groups (broad SMARTS) is 1. The summed E-state index contributed by atoms with van der Waals surface area (Å²) in [7, 11) is 1.35. The Labute approximate surface area is 128 Å². The van der Waals surface area contributed by atoms with Crippen molar-refractivity contribution in [1.82, 2.24) is 5.32 Å². The van der Waals surface area contributed by atoms with Crippen molar-refractivity contribution in [3.8, 4) is 5.75 Å². The van der Waals surface area contributed by atoms with Crippen LogP contribution in [0.2, 0.25) is 0 Å². The number of nitrogens with one attached hydrogen (secondary N) is 2. The van der Waals surface area contributed by atoms with Crippen molar-refractivity contribution in [2.45, 2.75) is 26.2 Å². The molecule has 0 bridgehead atoms. The van der Waals surface area contributed by atoms with Crippen LogP contribution in [-0.2, 0) is 9.59 Å². The number of carbonyl (C=O) groups is 3. The molecule has 0 aliphatic carbocycles. The maximum absolute atomic E-state index is 11.8. The lowest BCUT2D eigenvalue weighted by atomic mass is 10.1. The van der Waals surface area contributed by atoms with Gasteiger partial charge >= 0.3 is 5.97 Å². The molecular weight excluding hydrogens is 288 g/mol. The summed E-state index contributed by atoms with van der Waals surface area (Å²) in [6, 6.07) is 4.25. The van der Waals surface area contributed by atoms with Gasteiger partial charge in [-0.2, -0.15) is 0 Å². The Morgan fingerprint density at radius 2 is 1.86 bits per heavy atom. The average Bonchev–Trinajstić information content (AvgIpc) is 2.50. The van der Waals surface area contributed by atoms with Gasteiger partial charge in [0.05, 0.1) is 7.11 Å². The van der Waals surface area contributed by atoms with Gasteiger partial charge in [-0.25, -0.2) is 4.79 Å². The number of hydrogen-bond acceptors (Lipinski definition) is 4. The van der Waals surface area contributed by atoms with Gasteiger partial charge in [-0.05, 0) is 18.6 Å². The molecule has 22 heavy (non-hydrogen) atoms. The van der Waals surface area contributed by atoms with E-state index in [4.69, 9.17) is 9.84 Å². The second-order valence-electron chi connectivity index (χ2n) is 4.62. The van der Waals surface area contributed by atoms with Crippen LogP contribution < -0.4 is 15.4 Å². The third-order valence-electron chi connectivity index (χ3n) is 2.87. The van der Waals surface area contributed by atoms with Crippen molar-refractivity contribution in [2.24, 2.45) is 0 Å². The molecule has 0 saturated carbocycles. The lowest BCUT2D eigenvalue weighted by molar-refractivity contribution is -0.124. The van der Waals surface area contributed by atoms with Gasteiger partial charge in [0.1, 0.15) is 11.3 Å². The summed E-state index contributed by atoms with van der Waals surface area (Å²) in [5.41, 5.74) is 0.431. The topological polar surface area (TPSA) is 105 Å². The number of rotatable bonds is 8. The van der Waals surface area contributed by atoms with E-state index in [2.05, 4.69) is 10.6 Å². The molecule has 2 amide bonds. The molecule has 0 aromatic heterocycles. The third kappa shape index (κ3) is 5.43. The van der Waals surface area contributed by atoms with E-state index in [1.54, 1.807) is 0 Å². The number of amides is 2. The first-order chi connectivity index (χ1) is 10.5. The Bertz CT molecular complexity index is 557. The van der Waals surface area contributed by atoms with Crippen LogP contribution in [0.25, 0.3) is 0 Å². The van der Waals surface area contributed by atoms with E-state index in [0.29, 0.717) is 12.2 Å². The quantitative estimate of drug-likeness (QED) is 0.677. The fourth-order valence-corrected chi connectivity index (χ4v) is 1.75. The van der Waals surface area contributed by atoms with E-state index in [1.165, 1.54) is 25.3 Å². The highest BCUT2D eigenvalue weighted by molar-refractivity contribution is 5.95. The summed E-state index contributed by atoms with van der Waals surface area (Å²) in [6.07, 6.45) is 1.00. The predicted molar refractivity (Wildman–Crippen MR) is 81.1 cm³/mol. The van der Waals surface area contributed by atoms with Gasteiger partial charge in [0.2, 0.25) is 11.8 Å². The second-order valence-corrected chi connectivity index (χ2v) is 4.62. The Kier molecular flexibility index (Phi) is 6.88. The summed E-state index contributed by atoms with van der Waals surface area (Å²) in [5.74, 6) is -1.44. The molecule has 7 heteroatoms. The number of carbonyl (C=O) groups excluding carboxylic acids is 2. The number of anilines is 1. The summed E-state index contributed by atoms with van der Waals surface area (Å²) >= 11 is 0. The van der Waals surface area contributed by atoms with Gasteiger partial charge in [0.15, 0.2) is 0 Å². The normalized spacial score (nSPS) is 9.91. The molecule has 120 valence electrons. The Morgan fingerprint density at radius 1 is 1.18 bits per heavy atom. The SMILES string of the molecule is CCCNC(=O)CCC(=O)Nc1ccc(C(=O)O)c(OC)c1. The van der Waals surface area contributed by atoms with E-state index < -0.39 is 5.97 Å². The first-order valence-electron chi connectivity index (χ1n) is 6.95. The smallest absolute Gasteiger partial charge is 0.339 e. The average molecular weight is 308 g/mol. The zero-order valence-electron chi connectivity index (χ0n) is 12.6. The molecule has 0 aliphatic heterocycles. The Balaban J connectivity index is 2.58. The molecular formula is C15H20N2O5. The largest absolute Gasteiger partial charge is 0.496 e. The Hall–Kier alpha value is -2.57. The van der Waals surface area contributed by atoms with Gasteiger partial charge in [-0.3, -0.25) is 9.59 Å². The standard InChI is InChI=1S/C15H20N2O5/c1-3-8-16-13(18)6-7-14(19)17-10-4-5-11(15(20)21)12(9-10)22-2/h4-5,9H,3,6-8H2,1-2H3,(H,16,18)(H,17,19)(H,20,21). The molecule has 0 unspecified atom stereocenters. The van der Waals surface area contributed by atoms with Gasteiger partial charge in [0, 0.05) is 31.1 Å². The third-order valence-corrected chi connectivity index (χ3v) is 2.87. The molecule has 3 N–H and O–H groups in total. The highest BCUT2D eigenvalue weighted by Crippen LogP contribution is 2.23. The lowest BCUT2D eigenvalue weighted by Crippen LogP contribution is -2.25. The molecule has 0 fully saturated rings. The fraction of sp³-hybridized carbons (Fsp3) is 0.400. The van der Waals surface area contributed by atoms with Crippen molar-refractivity contribution in [3.05, 3.63) is 23.8 Å². The van der Waals surface area contributed by atoms with Crippen LogP contribution in [0, 0.1) is 0 Å². The summed E-state index contributed by atoms with van der Waals surface area (Å²) < 4.78 is 4.98. The molecule has 0 aliphatic rings. The van der Waals surface area contributed by atoms with Crippen LogP contribution in [-0.4, -0.2) is 36.5 Å². The lowest BCUT2D eigenvalue weighted by Gasteiger charge is -2.09. The summed E-state index contributed by atoms with van der Waals surface area (Å²) in [4.78, 5) is 34.1. The summed E-state index contributed by atoms with van der Waals surface area (Å²) in [5, 5.41) is 14.3. The molecule has 0 atom stereocenters. The van der Waals surface area contributed by atoms with Crippen LogP contribution in [0.4, 0.5) is 5.69 Å². The van der Waals surface area contributed by atoms with Gasteiger partial charge < -0.3 is 20.5 Å². The van der Waals surface area contributed by atoms with E-state index in [9.17, 15) is 14.4 Å². The van der Waals surface area contributed by atoms with Crippen molar-refractivity contribution < 1.29 is 24.2 Å². The van der Waals surface area contributed by atoms with E-state index in [1.807, 2.05) is 6.92 Å². The van der Waals surface area contributed by atoms with Crippen LogP contribution >= 0.6 is 0 Å². The first kappa shape index (κ1) is 17.5. The fourth-order valence-electron chi connectivity index (χ4n) is 1.75. The van der Waals surface area contributed by atoms with Crippen LogP contribution in [0.15, 0.2) is 18.2 Å². The van der Waals surface area contributed by atoms with Gasteiger partial charge in [0.25, 0.3) is 0 Å². The predicted octanol–water partition coefficient (Wildman–Crippen LogP) is 1.64. The zero-order valence-corrected chi connectivity index (χ0v) is 12.6. The summed E-state index contributed by atoms with van der Waals surface area (Å²) in [6.45, 7) is 2.54. The minimum absolute atomic E-state index is 0.0134. The van der Waals surface area contributed by atoms with E-state index in [0.717, 1.165) is 6.42 Å². The van der Waals surface area contributed by atoms with E-state index in [-0.39, 0.29) is 36.0 Å². The maximum atomic E-state index is 11.8. The Morgan fingerprint density at radius 3 is 2.45 bits per heavy atom. The second kappa shape index (κ2) is 8.66. The highest BCUT2D eigenvalue weighted by Gasteiger charge is 2.13. The van der Waals surface area contributed by atoms with Crippen LogP contribution in [0.1, 0.15) is 36.5 Å².